The number of hydrogen-bond donors (Lipinski definition) is 0. The van der Waals surface area contributed by atoms with E-state index in [2.05, 4.69) is 126 Å². The van der Waals surface area contributed by atoms with Crippen molar-refractivity contribution in [2.24, 2.45) is 0 Å². The maximum absolute atomic E-state index is 13.6. The van der Waals surface area contributed by atoms with Crippen molar-refractivity contribution in [3.8, 4) is 0 Å². The Balaban J connectivity index is 1.29. The molecule has 8 rings (SSSR count). The molecule has 0 bridgehead atoms. The van der Waals surface area contributed by atoms with Gasteiger partial charge in [-0.05, 0) is 22.9 Å². The van der Waals surface area contributed by atoms with Gasteiger partial charge in [-0.2, -0.15) is 0 Å². The molecule has 0 unspecified atom stereocenters. The summed E-state index contributed by atoms with van der Waals surface area (Å²) in [7, 11) is 0. The molecule has 5 heteroatoms. The van der Waals surface area contributed by atoms with E-state index in [1.165, 1.54) is 33.6 Å². The molecule has 0 atom stereocenters. The Morgan fingerprint density at radius 1 is 0.580 bits per heavy atom. The van der Waals surface area contributed by atoms with Crippen LogP contribution in [0.2, 0.25) is 34.5 Å². The second-order valence-electron chi connectivity index (χ2n) is 16.6. The monoisotopic (exact) mass is 777 g/mol. The minimum atomic E-state index is -2.18. The van der Waals surface area contributed by atoms with Crippen LogP contribution in [0.3, 0.4) is 0 Å². The number of anilines is 3. The standard InChI is InChI=1S/C45H43Ge2NO2/c1-45(2)39-15-11-12-16-40(39)48(34-26-32(46(3,4)5)25-33(27-34)47(6,7)8)41-20-18-31-21-28(17-19-35(31)42(41)45)22-38-43(49)36-23-29-13-9-10-14-30(29)24-37(36)44(38)50/h9-27H,1-8H3. The predicted molar refractivity (Wildman–Crippen MR) is 217 cm³/mol. The van der Waals surface area contributed by atoms with Gasteiger partial charge in [0.15, 0.2) is 11.6 Å². The quantitative estimate of drug-likeness (QED) is 0.102. The van der Waals surface area contributed by atoms with Gasteiger partial charge < -0.3 is 0 Å². The summed E-state index contributed by atoms with van der Waals surface area (Å²) in [6, 6.07) is 38.8. The zero-order valence-electron chi connectivity index (χ0n) is 30.2. The zero-order chi connectivity index (χ0) is 35.3. The third-order valence-electron chi connectivity index (χ3n) is 10.8. The third kappa shape index (κ3) is 5.24. The first-order valence-corrected chi connectivity index (χ1v) is 32.3. The molecule has 248 valence electrons. The van der Waals surface area contributed by atoms with Crippen LogP contribution in [0.15, 0.2) is 115 Å². The minimum absolute atomic E-state index is 0.199. The van der Waals surface area contributed by atoms with E-state index >= 15 is 0 Å². The summed E-state index contributed by atoms with van der Waals surface area (Å²) in [5.74, 6) is 14.6. The molecule has 0 saturated heterocycles. The van der Waals surface area contributed by atoms with E-state index in [0.717, 1.165) is 21.7 Å². The molecule has 3 nitrogen and oxygen atoms in total. The van der Waals surface area contributed by atoms with Crippen molar-refractivity contribution in [3.05, 3.63) is 143 Å². The van der Waals surface area contributed by atoms with Gasteiger partial charge >= 0.3 is 223 Å². The van der Waals surface area contributed by atoms with E-state index in [1.807, 2.05) is 36.4 Å². The van der Waals surface area contributed by atoms with Crippen LogP contribution >= 0.6 is 0 Å². The van der Waals surface area contributed by atoms with Crippen LogP contribution in [-0.2, 0) is 5.41 Å². The van der Waals surface area contributed by atoms with Crippen LogP contribution in [0, 0.1) is 0 Å². The molecule has 0 spiro atoms. The number of rotatable bonds is 4. The molecule has 50 heavy (non-hydrogen) atoms. The molecule has 0 fully saturated rings. The molecule has 0 aromatic heterocycles. The summed E-state index contributed by atoms with van der Waals surface area (Å²) in [4.78, 5) is 29.6. The van der Waals surface area contributed by atoms with Crippen molar-refractivity contribution < 1.29 is 9.59 Å². The van der Waals surface area contributed by atoms with Crippen molar-refractivity contribution in [2.45, 2.75) is 53.8 Å². The first-order chi connectivity index (χ1) is 23.6. The van der Waals surface area contributed by atoms with Crippen molar-refractivity contribution in [1.29, 1.82) is 0 Å². The van der Waals surface area contributed by atoms with Gasteiger partial charge in [0.05, 0.1) is 0 Å². The SMILES string of the molecule is CC1(C)c2ccccc2N(c2c[c]([Ge]([CH3])([CH3])[CH3])c[c]([Ge]([CH3])([CH3])[CH3])c2)c2ccc3cc(C=C4C(=O)c5cc6ccccc6cc5C4=O)ccc3c21. The number of nitrogens with zero attached hydrogens (tertiary/aromatic N) is 1. The number of ketones is 2. The molecule has 6 aromatic rings. The Bertz CT molecular complexity index is 2390. The summed E-state index contributed by atoms with van der Waals surface area (Å²) in [6.45, 7) is 4.68. The summed E-state index contributed by atoms with van der Waals surface area (Å²) < 4.78 is 3.10. The number of carbonyl (C=O) groups excluding carboxylic acids is 2. The predicted octanol–water partition coefficient (Wildman–Crippen LogP) is 10.7. The molecule has 0 saturated carbocycles. The van der Waals surface area contributed by atoms with Gasteiger partial charge in [0.2, 0.25) is 0 Å². The zero-order valence-corrected chi connectivity index (χ0v) is 34.4. The number of benzene rings is 6. The van der Waals surface area contributed by atoms with Crippen LogP contribution < -0.4 is 13.7 Å². The van der Waals surface area contributed by atoms with Crippen molar-refractivity contribution in [3.63, 3.8) is 0 Å². The van der Waals surface area contributed by atoms with Crippen molar-refractivity contribution >= 4 is 91.6 Å². The number of fused-ring (bicyclic) bond motifs is 6. The Labute approximate surface area is 300 Å². The van der Waals surface area contributed by atoms with Crippen LogP contribution in [0.4, 0.5) is 17.1 Å². The fourth-order valence-corrected chi connectivity index (χ4v) is 13.5. The van der Waals surface area contributed by atoms with E-state index in [-0.39, 0.29) is 22.6 Å². The number of hydrogen-bond acceptors (Lipinski definition) is 3. The molecule has 0 N–H and O–H groups in total. The fraction of sp³-hybridized carbons (Fsp3) is 0.200. The first-order valence-electron chi connectivity index (χ1n) is 17.6. The normalized spacial score (nSPS) is 15.4. The Morgan fingerprint density at radius 2 is 1.16 bits per heavy atom. The van der Waals surface area contributed by atoms with E-state index < -0.39 is 26.5 Å². The molecule has 0 amide bonds. The second kappa shape index (κ2) is 11.4. The van der Waals surface area contributed by atoms with Crippen molar-refractivity contribution in [1.82, 2.24) is 0 Å². The van der Waals surface area contributed by atoms with Crippen LogP contribution in [0.1, 0.15) is 51.3 Å². The molecule has 1 aliphatic heterocycles. The van der Waals surface area contributed by atoms with Gasteiger partial charge in [0.1, 0.15) is 0 Å². The van der Waals surface area contributed by atoms with Gasteiger partial charge in [-0.3, -0.25) is 9.59 Å². The number of Topliss-reactive ketones (excluding diaryl/α,β-unsaturated/α-hetero) is 2. The number of carbonyl (C=O) groups is 2. The summed E-state index contributed by atoms with van der Waals surface area (Å²) in [5, 5.41) is 4.21. The van der Waals surface area contributed by atoms with E-state index in [4.69, 9.17) is 0 Å². The van der Waals surface area contributed by atoms with Gasteiger partial charge in [-0.15, -0.1) is 0 Å². The van der Waals surface area contributed by atoms with Gasteiger partial charge in [-0.1, -0.05) is 24.3 Å². The molecule has 2 aliphatic rings. The maximum atomic E-state index is 13.6. The molecule has 1 aliphatic carbocycles. The number of allylic oxidation sites excluding steroid dienone is 1. The van der Waals surface area contributed by atoms with E-state index in [1.54, 1.807) is 14.9 Å². The average molecular weight is 775 g/mol. The summed E-state index contributed by atoms with van der Waals surface area (Å²) >= 11 is -4.36. The summed E-state index contributed by atoms with van der Waals surface area (Å²) in [5.41, 5.74) is 8.12. The number of para-hydroxylation sites is 1. The van der Waals surface area contributed by atoms with Crippen LogP contribution in [-0.4, -0.2) is 38.1 Å². The average Bonchev–Trinajstić information content (AvgIpc) is 3.30. The van der Waals surface area contributed by atoms with Crippen LogP contribution in [0.5, 0.6) is 0 Å². The Hall–Kier alpha value is -4.19. The third-order valence-corrected chi connectivity index (χ3v) is 19.3. The second-order valence-corrected chi connectivity index (χ2v) is 38.0. The summed E-state index contributed by atoms with van der Waals surface area (Å²) in [6.07, 6.45) is 1.78. The van der Waals surface area contributed by atoms with Gasteiger partial charge in [0.25, 0.3) is 0 Å². The Morgan fingerprint density at radius 3 is 1.76 bits per heavy atom. The van der Waals surface area contributed by atoms with E-state index in [0.29, 0.717) is 11.1 Å². The van der Waals surface area contributed by atoms with Gasteiger partial charge in [-0.25, -0.2) is 0 Å². The Kier molecular flexibility index (Phi) is 7.53. The molecule has 0 radical (unpaired) electrons. The van der Waals surface area contributed by atoms with E-state index in [9.17, 15) is 9.59 Å². The molecule has 6 aromatic carbocycles. The molecule has 1 heterocycles. The molecular weight excluding hydrogens is 732 g/mol. The topological polar surface area (TPSA) is 37.4 Å². The van der Waals surface area contributed by atoms with Crippen molar-refractivity contribution in [2.75, 3.05) is 4.90 Å². The fourth-order valence-electron chi connectivity index (χ4n) is 7.92. The van der Waals surface area contributed by atoms with Crippen LogP contribution in [0.25, 0.3) is 27.6 Å². The first kappa shape index (κ1) is 33.0. The molecular formula is C45H43Ge2NO2. The van der Waals surface area contributed by atoms with Gasteiger partial charge in [0, 0.05) is 11.1 Å².